The summed E-state index contributed by atoms with van der Waals surface area (Å²) in [5.74, 6) is -0.558. The molecule has 5 nitrogen and oxygen atoms in total. The summed E-state index contributed by atoms with van der Waals surface area (Å²) in [7, 11) is 0. The molecule has 0 aliphatic heterocycles. The molecule has 0 spiro atoms. The first kappa shape index (κ1) is 17.8. The molecule has 2 heterocycles. The molecule has 0 amide bonds. The average molecular weight is 364 g/mol. The molecule has 3 aromatic rings. The summed E-state index contributed by atoms with van der Waals surface area (Å²) in [6.45, 7) is 1.99. The summed E-state index contributed by atoms with van der Waals surface area (Å²) in [5.41, 5.74) is 1.96. The fourth-order valence-corrected chi connectivity index (χ4v) is 3.46. The van der Waals surface area contributed by atoms with Gasteiger partial charge >= 0.3 is 5.97 Å². The first-order valence-electron chi connectivity index (χ1n) is 7.91. The molecule has 2 aromatic heterocycles. The van der Waals surface area contributed by atoms with E-state index in [9.17, 15) is 14.9 Å². The topological polar surface area (TPSA) is 71.6 Å². The molecule has 0 radical (unpaired) electrons. The summed E-state index contributed by atoms with van der Waals surface area (Å²) >= 11 is 1.19. The third-order valence-corrected chi connectivity index (χ3v) is 4.80. The van der Waals surface area contributed by atoms with Crippen LogP contribution in [0.5, 0.6) is 0 Å². The van der Waals surface area contributed by atoms with Gasteiger partial charge in [-0.05, 0) is 36.4 Å². The molecule has 0 N–H and O–H groups in total. The number of nitriles is 1. The lowest BCUT2D eigenvalue weighted by Gasteiger charge is -2.14. The zero-order valence-electron chi connectivity index (χ0n) is 14.4. The van der Waals surface area contributed by atoms with Gasteiger partial charge in [-0.3, -0.25) is 9.20 Å². The van der Waals surface area contributed by atoms with Gasteiger partial charge in [0, 0.05) is 11.1 Å². The van der Waals surface area contributed by atoms with Crippen LogP contribution in [0.2, 0.25) is 0 Å². The number of hydrogen-bond acceptors (Lipinski definition) is 5. The highest BCUT2D eigenvalue weighted by atomic mass is 32.2. The third-order valence-electron chi connectivity index (χ3n) is 3.99. The second-order valence-corrected chi connectivity index (χ2v) is 6.54. The Kier molecular flexibility index (Phi) is 5.10. The lowest BCUT2D eigenvalue weighted by atomic mass is 10.1. The zero-order valence-corrected chi connectivity index (χ0v) is 15.2. The fourth-order valence-electron chi connectivity index (χ4n) is 2.73. The molecule has 130 valence electrons. The summed E-state index contributed by atoms with van der Waals surface area (Å²) < 4.78 is 6.79. The van der Waals surface area contributed by atoms with Crippen LogP contribution in [-0.2, 0) is 11.3 Å². The molecule has 0 atom stereocenters. The van der Waals surface area contributed by atoms with Gasteiger partial charge in [0.25, 0.3) is 5.56 Å². The highest BCUT2D eigenvalue weighted by Crippen LogP contribution is 2.27. The second-order valence-electron chi connectivity index (χ2n) is 5.72. The molecule has 26 heavy (non-hydrogen) atoms. The number of aromatic nitrogens is 1. The van der Waals surface area contributed by atoms with Gasteiger partial charge in [0.05, 0.1) is 11.1 Å². The number of carbonyl (C=O) groups is 1. The van der Waals surface area contributed by atoms with Gasteiger partial charge in [-0.1, -0.05) is 30.3 Å². The molecule has 6 heteroatoms. The molecule has 0 saturated heterocycles. The van der Waals surface area contributed by atoms with Crippen LogP contribution in [0.3, 0.4) is 0 Å². The van der Waals surface area contributed by atoms with Gasteiger partial charge in [0.15, 0.2) is 0 Å². The van der Waals surface area contributed by atoms with E-state index in [0.29, 0.717) is 10.4 Å². The molecule has 0 unspecified atom stereocenters. The largest absolute Gasteiger partial charge is 0.457 e. The Hall–Kier alpha value is -3.04. The Morgan fingerprint density at radius 3 is 2.65 bits per heavy atom. The van der Waals surface area contributed by atoms with Crippen molar-refractivity contribution >= 4 is 23.2 Å². The number of benzene rings is 1. The van der Waals surface area contributed by atoms with Crippen molar-refractivity contribution in [2.24, 2.45) is 0 Å². The number of thioether (sulfide) groups is 1. The van der Waals surface area contributed by atoms with Crippen LogP contribution in [0, 0.1) is 18.3 Å². The number of hydrogen-bond donors (Lipinski definition) is 0. The molecule has 0 aliphatic carbocycles. The normalized spacial score (nSPS) is 10.5. The zero-order chi connectivity index (χ0) is 18.7. The molecule has 0 saturated carbocycles. The van der Waals surface area contributed by atoms with E-state index in [0.717, 1.165) is 11.1 Å². The van der Waals surface area contributed by atoms with E-state index in [4.69, 9.17) is 4.74 Å². The van der Waals surface area contributed by atoms with Crippen molar-refractivity contribution in [1.82, 2.24) is 4.40 Å². The number of esters is 1. The highest BCUT2D eigenvalue weighted by molar-refractivity contribution is 7.98. The molecule has 3 rings (SSSR count). The maximum Gasteiger partial charge on any atom is 0.341 e. The molecular weight excluding hydrogens is 348 g/mol. The van der Waals surface area contributed by atoms with E-state index in [2.05, 4.69) is 0 Å². The van der Waals surface area contributed by atoms with Crippen molar-refractivity contribution in [1.29, 1.82) is 5.26 Å². The van der Waals surface area contributed by atoms with Crippen molar-refractivity contribution in [3.63, 3.8) is 0 Å². The summed E-state index contributed by atoms with van der Waals surface area (Å²) in [5, 5.41) is 9.43. The maximum absolute atomic E-state index is 12.8. The van der Waals surface area contributed by atoms with Crippen LogP contribution in [0.4, 0.5) is 0 Å². The number of ether oxygens (including phenoxy) is 1. The fraction of sp³-hybridized carbons (Fsp3) is 0.150. The Balaban J connectivity index is 2.15. The quantitative estimate of drug-likeness (QED) is 0.523. The Labute approximate surface area is 154 Å². The number of fused-ring (bicyclic) bond motifs is 1. The lowest BCUT2D eigenvalue weighted by Crippen LogP contribution is -2.22. The van der Waals surface area contributed by atoms with Gasteiger partial charge in [-0.2, -0.15) is 5.26 Å². The van der Waals surface area contributed by atoms with E-state index >= 15 is 0 Å². The van der Waals surface area contributed by atoms with Crippen LogP contribution in [0.25, 0.3) is 5.52 Å². The lowest BCUT2D eigenvalue weighted by molar-refractivity contribution is 0.0470. The Bertz CT molecular complexity index is 1080. The van der Waals surface area contributed by atoms with E-state index in [-0.39, 0.29) is 17.7 Å². The number of rotatable bonds is 4. The molecule has 0 aliphatic rings. The van der Waals surface area contributed by atoms with Crippen molar-refractivity contribution in [3.05, 3.63) is 81.3 Å². The molecule has 1 aromatic carbocycles. The number of aryl methyl sites for hydroxylation is 1. The monoisotopic (exact) mass is 364 g/mol. The standard InChI is InChI=1S/C20H16N2O3S/c1-13-8-9-22-16(10-13)17(18(26-2)15(11-21)19(22)23)20(24)25-12-14-6-4-3-5-7-14/h3-10H,12H2,1-2H3. The number of carbonyl (C=O) groups excluding carboxylic acids is 1. The second kappa shape index (κ2) is 7.46. The molecule has 0 fully saturated rings. The van der Waals surface area contributed by atoms with Crippen LogP contribution >= 0.6 is 11.8 Å². The predicted octanol–water partition coefficient (Wildman–Crippen LogP) is 3.56. The van der Waals surface area contributed by atoms with Crippen LogP contribution in [0.15, 0.2) is 58.4 Å². The van der Waals surface area contributed by atoms with Crippen LogP contribution in [0.1, 0.15) is 27.0 Å². The first-order valence-corrected chi connectivity index (χ1v) is 9.13. The number of pyridine rings is 2. The van der Waals surface area contributed by atoms with Gasteiger partial charge < -0.3 is 4.74 Å². The molecular formula is C20H16N2O3S. The predicted molar refractivity (Wildman–Crippen MR) is 100 cm³/mol. The van der Waals surface area contributed by atoms with Crippen molar-refractivity contribution in [2.45, 2.75) is 18.4 Å². The van der Waals surface area contributed by atoms with E-state index < -0.39 is 11.5 Å². The van der Waals surface area contributed by atoms with E-state index in [1.54, 1.807) is 24.6 Å². The van der Waals surface area contributed by atoms with E-state index in [1.165, 1.54) is 16.2 Å². The highest BCUT2D eigenvalue weighted by Gasteiger charge is 2.23. The van der Waals surface area contributed by atoms with Crippen molar-refractivity contribution in [3.8, 4) is 6.07 Å². The Morgan fingerprint density at radius 1 is 1.27 bits per heavy atom. The Morgan fingerprint density at radius 2 is 2.00 bits per heavy atom. The minimum atomic E-state index is -0.558. The summed E-state index contributed by atoms with van der Waals surface area (Å²) in [6.07, 6.45) is 3.31. The van der Waals surface area contributed by atoms with Crippen LogP contribution < -0.4 is 5.56 Å². The third kappa shape index (κ3) is 3.22. The molecule has 0 bridgehead atoms. The van der Waals surface area contributed by atoms with Gasteiger partial charge in [0.2, 0.25) is 0 Å². The summed E-state index contributed by atoms with van der Waals surface area (Å²) in [6, 6.07) is 14.8. The smallest absolute Gasteiger partial charge is 0.341 e. The van der Waals surface area contributed by atoms with Crippen molar-refractivity contribution in [2.75, 3.05) is 6.26 Å². The van der Waals surface area contributed by atoms with Gasteiger partial charge in [-0.25, -0.2) is 4.79 Å². The van der Waals surface area contributed by atoms with Crippen LogP contribution in [-0.4, -0.2) is 16.6 Å². The number of nitrogens with zero attached hydrogens (tertiary/aromatic N) is 2. The van der Waals surface area contributed by atoms with E-state index in [1.807, 2.05) is 43.3 Å². The minimum absolute atomic E-state index is 0.0504. The maximum atomic E-state index is 12.8. The minimum Gasteiger partial charge on any atom is -0.457 e. The van der Waals surface area contributed by atoms with Gasteiger partial charge in [-0.15, -0.1) is 11.8 Å². The SMILES string of the molecule is CSc1c(C#N)c(=O)n2ccc(C)cc2c1C(=O)OCc1ccccc1. The van der Waals surface area contributed by atoms with Crippen molar-refractivity contribution < 1.29 is 9.53 Å². The summed E-state index contributed by atoms with van der Waals surface area (Å²) in [4.78, 5) is 25.8. The average Bonchev–Trinajstić information content (AvgIpc) is 2.66. The van der Waals surface area contributed by atoms with Gasteiger partial charge in [0.1, 0.15) is 18.2 Å². The first-order chi connectivity index (χ1) is 12.6.